The monoisotopic (exact) mass is 366 g/mol. The fraction of sp³-hybridized carbons (Fsp3) is 0.0500. The lowest BCUT2D eigenvalue weighted by molar-refractivity contribution is 0.0224. The maximum atomic E-state index is 12.6. The molecule has 2 aliphatic heterocycles. The van der Waals surface area contributed by atoms with Crippen LogP contribution in [0.2, 0.25) is 5.02 Å². The molecule has 0 amide bonds. The van der Waals surface area contributed by atoms with E-state index in [1.54, 1.807) is 18.2 Å². The van der Waals surface area contributed by atoms with Crippen LogP contribution in [-0.4, -0.2) is 16.2 Å². The molecule has 0 fully saturated rings. The number of hydrogen-bond donors (Lipinski definition) is 2. The minimum atomic E-state index is -1.26. The van der Waals surface area contributed by atoms with Crippen LogP contribution < -0.4 is 4.74 Å². The normalized spacial score (nSPS) is 19.3. The van der Waals surface area contributed by atoms with Gasteiger partial charge in [0.1, 0.15) is 23.0 Å². The topological polar surface area (TPSA) is 76.0 Å². The minimum absolute atomic E-state index is 0.0122. The Morgan fingerprint density at radius 1 is 0.885 bits per heavy atom. The van der Waals surface area contributed by atoms with Gasteiger partial charge < -0.3 is 19.7 Å². The molecule has 2 aliphatic rings. The lowest BCUT2D eigenvalue weighted by atomic mass is 9.77. The molecule has 0 saturated heterocycles. The summed E-state index contributed by atoms with van der Waals surface area (Å²) < 4.78 is 11.8. The summed E-state index contributed by atoms with van der Waals surface area (Å²) in [7, 11) is 0. The Bertz CT molecular complexity index is 1110. The number of phenolic OH excluding ortho intramolecular Hbond substituents is 2. The van der Waals surface area contributed by atoms with E-state index in [0.717, 1.165) is 0 Å². The van der Waals surface area contributed by atoms with Crippen molar-refractivity contribution in [3.05, 3.63) is 81.9 Å². The molecular weight excluding hydrogens is 356 g/mol. The highest BCUT2D eigenvalue weighted by Gasteiger charge is 2.53. The van der Waals surface area contributed by atoms with Gasteiger partial charge in [0.05, 0.1) is 10.6 Å². The molecule has 1 spiro atoms. The van der Waals surface area contributed by atoms with Gasteiger partial charge in [-0.1, -0.05) is 29.8 Å². The average Bonchev–Trinajstić information content (AvgIpc) is 2.91. The molecule has 2 N–H and O–H groups in total. The fourth-order valence-electron chi connectivity index (χ4n) is 3.67. The third kappa shape index (κ3) is 1.78. The number of carbonyl (C=O) groups is 1. The van der Waals surface area contributed by atoms with Crippen molar-refractivity contribution in [2.75, 3.05) is 0 Å². The van der Waals surface area contributed by atoms with Gasteiger partial charge >= 0.3 is 5.97 Å². The van der Waals surface area contributed by atoms with E-state index in [-0.39, 0.29) is 16.5 Å². The Morgan fingerprint density at radius 3 is 2.50 bits per heavy atom. The van der Waals surface area contributed by atoms with Crippen molar-refractivity contribution in [1.29, 1.82) is 0 Å². The van der Waals surface area contributed by atoms with E-state index in [2.05, 4.69) is 0 Å². The molecule has 26 heavy (non-hydrogen) atoms. The zero-order chi connectivity index (χ0) is 18.1. The van der Waals surface area contributed by atoms with Gasteiger partial charge in [0.2, 0.25) is 0 Å². The van der Waals surface area contributed by atoms with Crippen LogP contribution in [0.4, 0.5) is 0 Å². The molecule has 3 aromatic rings. The number of ether oxygens (including phenoxy) is 2. The zero-order valence-electron chi connectivity index (χ0n) is 13.2. The van der Waals surface area contributed by atoms with Gasteiger partial charge in [-0.15, -0.1) is 0 Å². The van der Waals surface area contributed by atoms with Crippen LogP contribution in [-0.2, 0) is 10.3 Å². The average molecular weight is 367 g/mol. The molecule has 0 bridgehead atoms. The van der Waals surface area contributed by atoms with Gasteiger partial charge in [-0.25, -0.2) is 4.79 Å². The third-order valence-electron chi connectivity index (χ3n) is 4.76. The van der Waals surface area contributed by atoms with Crippen LogP contribution in [0.5, 0.6) is 23.0 Å². The molecule has 0 aromatic heterocycles. The Hall–Kier alpha value is -3.18. The largest absolute Gasteiger partial charge is 0.508 e. The van der Waals surface area contributed by atoms with Crippen molar-refractivity contribution in [1.82, 2.24) is 0 Å². The summed E-state index contributed by atoms with van der Waals surface area (Å²) in [6.07, 6.45) is 0. The quantitative estimate of drug-likeness (QED) is 0.579. The number of rotatable bonds is 0. The first kappa shape index (κ1) is 15.1. The van der Waals surface area contributed by atoms with Crippen molar-refractivity contribution >= 4 is 17.6 Å². The summed E-state index contributed by atoms with van der Waals surface area (Å²) in [5.41, 5.74) is 0.924. The highest BCUT2D eigenvalue weighted by atomic mass is 35.5. The molecule has 0 aliphatic carbocycles. The number of aromatic hydroxyl groups is 2. The van der Waals surface area contributed by atoms with E-state index in [0.29, 0.717) is 33.8 Å². The van der Waals surface area contributed by atoms with Crippen molar-refractivity contribution in [2.24, 2.45) is 0 Å². The van der Waals surface area contributed by atoms with Crippen LogP contribution in [0, 0.1) is 0 Å². The van der Waals surface area contributed by atoms with Crippen molar-refractivity contribution in [3.63, 3.8) is 0 Å². The highest BCUT2D eigenvalue weighted by Crippen LogP contribution is 2.57. The van der Waals surface area contributed by atoms with Crippen LogP contribution >= 0.6 is 11.6 Å². The first-order valence-electron chi connectivity index (χ1n) is 7.88. The second-order valence-electron chi connectivity index (χ2n) is 6.20. The van der Waals surface area contributed by atoms with Gasteiger partial charge in [-0.05, 0) is 24.3 Å². The number of hydrogen-bond acceptors (Lipinski definition) is 5. The number of fused-ring (bicyclic) bond motifs is 6. The van der Waals surface area contributed by atoms with Crippen LogP contribution in [0.1, 0.15) is 27.0 Å². The molecular formula is C20H11ClO5. The zero-order valence-corrected chi connectivity index (χ0v) is 13.9. The molecule has 2 heterocycles. The van der Waals surface area contributed by atoms with Gasteiger partial charge in [0, 0.05) is 28.8 Å². The lowest BCUT2D eigenvalue weighted by Crippen LogP contribution is -2.33. The van der Waals surface area contributed by atoms with E-state index in [1.807, 2.05) is 12.1 Å². The Balaban J connectivity index is 1.92. The van der Waals surface area contributed by atoms with Gasteiger partial charge in [0.15, 0.2) is 5.60 Å². The van der Waals surface area contributed by atoms with Crippen molar-refractivity contribution in [3.8, 4) is 23.0 Å². The number of carbonyl (C=O) groups excluding carboxylic acids is 1. The van der Waals surface area contributed by atoms with E-state index in [9.17, 15) is 15.0 Å². The van der Waals surface area contributed by atoms with Gasteiger partial charge in [0.25, 0.3) is 0 Å². The summed E-state index contributed by atoms with van der Waals surface area (Å²) in [6, 6.07) is 14.6. The molecule has 5 nitrogen and oxygen atoms in total. The van der Waals surface area contributed by atoms with Crippen LogP contribution in [0.15, 0.2) is 54.6 Å². The molecule has 1 atom stereocenters. The number of halogens is 1. The third-order valence-corrected chi connectivity index (χ3v) is 5.07. The number of esters is 1. The lowest BCUT2D eigenvalue weighted by Gasteiger charge is -2.36. The van der Waals surface area contributed by atoms with Crippen molar-refractivity contribution in [2.45, 2.75) is 5.60 Å². The molecule has 0 saturated carbocycles. The highest BCUT2D eigenvalue weighted by molar-refractivity contribution is 6.32. The summed E-state index contributed by atoms with van der Waals surface area (Å²) >= 11 is 6.14. The van der Waals surface area contributed by atoms with Crippen LogP contribution in [0.3, 0.4) is 0 Å². The predicted molar refractivity (Wildman–Crippen MR) is 93.0 cm³/mol. The first-order valence-corrected chi connectivity index (χ1v) is 8.25. The maximum absolute atomic E-state index is 12.6. The Morgan fingerprint density at radius 2 is 1.65 bits per heavy atom. The summed E-state index contributed by atoms with van der Waals surface area (Å²) in [4.78, 5) is 12.6. The molecule has 5 rings (SSSR count). The molecule has 6 heteroatoms. The first-order chi connectivity index (χ1) is 12.5. The predicted octanol–water partition coefficient (Wildman–Crippen LogP) is 4.32. The second-order valence-corrected chi connectivity index (χ2v) is 6.61. The Kier molecular flexibility index (Phi) is 2.86. The molecule has 3 aromatic carbocycles. The SMILES string of the molecule is O=C1OC2(c3ccc(O)cc3Oc3cc(O)c(Cl)cc32)c2ccccc21. The minimum Gasteiger partial charge on any atom is -0.508 e. The van der Waals surface area contributed by atoms with Gasteiger partial charge in [-0.2, -0.15) is 0 Å². The van der Waals surface area contributed by atoms with E-state index in [1.165, 1.54) is 24.3 Å². The maximum Gasteiger partial charge on any atom is 0.340 e. The van der Waals surface area contributed by atoms with Crippen LogP contribution in [0.25, 0.3) is 0 Å². The molecule has 0 radical (unpaired) electrons. The standard InChI is InChI=1S/C20H11ClO5/c21-15-8-14-18(9-16(15)23)25-17-7-10(22)5-6-13(17)20(14)12-4-2-1-3-11(12)19(24)26-20/h1-9,22-23H. The van der Waals surface area contributed by atoms with Crippen molar-refractivity contribution < 1.29 is 24.5 Å². The summed E-state index contributed by atoms with van der Waals surface area (Å²) in [5.74, 6) is 0.0369. The summed E-state index contributed by atoms with van der Waals surface area (Å²) in [5, 5.41) is 20.0. The molecule has 128 valence electrons. The number of benzene rings is 3. The smallest absolute Gasteiger partial charge is 0.340 e. The second kappa shape index (κ2) is 4.93. The Labute approximate surface area is 153 Å². The number of phenols is 2. The van der Waals surface area contributed by atoms with E-state index >= 15 is 0 Å². The fourth-order valence-corrected chi connectivity index (χ4v) is 3.83. The molecule has 1 unspecified atom stereocenters. The van der Waals surface area contributed by atoms with E-state index in [4.69, 9.17) is 21.1 Å². The summed E-state index contributed by atoms with van der Waals surface area (Å²) in [6.45, 7) is 0. The van der Waals surface area contributed by atoms with E-state index < -0.39 is 11.6 Å². The van der Waals surface area contributed by atoms with Gasteiger partial charge in [-0.3, -0.25) is 0 Å².